The lowest BCUT2D eigenvalue weighted by molar-refractivity contribution is 0.0917. The molecule has 1 unspecified atom stereocenters. The first-order valence-corrected chi connectivity index (χ1v) is 9.57. The lowest BCUT2D eigenvalue weighted by Gasteiger charge is -2.23. The van der Waals surface area contributed by atoms with Crippen molar-refractivity contribution in [3.8, 4) is 0 Å². The van der Waals surface area contributed by atoms with E-state index >= 15 is 0 Å². The van der Waals surface area contributed by atoms with E-state index < -0.39 is 16.1 Å². The van der Waals surface area contributed by atoms with Gasteiger partial charge in [-0.05, 0) is 31.9 Å². The second-order valence-electron chi connectivity index (χ2n) is 6.08. The number of benzene rings is 2. The number of rotatable bonds is 5. The second-order valence-corrected chi connectivity index (χ2v) is 7.98. The molecule has 2 aromatic carbocycles. The summed E-state index contributed by atoms with van der Waals surface area (Å²) in [5.41, 5.74) is 0.971. The van der Waals surface area contributed by atoms with E-state index in [-0.39, 0.29) is 16.5 Å². The Balaban J connectivity index is 1.90. The molecule has 0 spiro atoms. The van der Waals surface area contributed by atoms with Crippen molar-refractivity contribution in [2.24, 2.45) is 0 Å². The van der Waals surface area contributed by atoms with E-state index in [1.54, 1.807) is 24.3 Å². The monoisotopic (exact) mass is 357 g/mol. The third kappa shape index (κ3) is 3.41. The molecule has 130 valence electrons. The summed E-state index contributed by atoms with van der Waals surface area (Å²) in [5, 5.41) is 0. The number of nitrogens with zero attached hydrogens (tertiary/aromatic N) is 1. The molecule has 0 aromatic heterocycles. The summed E-state index contributed by atoms with van der Waals surface area (Å²) in [6, 6.07) is 13.9. The van der Waals surface area contributed by atoms with Crippen molar-refractivity contribution < 1.29 is 18.0 Å². The highest BCUT2D eigenvalue weighted by atomic mass is 32.2. The Hall–Kier alpha value is -2.31. The van der Waals surface area contributed by atoms with Crippen molar-refractivity contribution in [3.05, 3.63) is 65.7 Å². The molecule has 25 heavy (non-hydrogen) atoms. The van der Waals surface area contributed by atoms with Gasteiger partial charge in [0, 0.05) is 17.7 Å². The van der Waals surface area contributed by atoms with Crippen LogP contribution in [-0.2, 0) is 10.0 Å². The average Bonchev–Trinajstić information content (AvgIpc) is 3.12. The minimum atomic E-state index is -3.78. The maximum absolute atomic E-state index is 13.0. The molecule has 1 aliphatic rings. The van der Waals surface area contributed by atoms with Gasteiger partial charge in [-0.3, -0.25) is 9.59 Å². The SMILES string of the molecule is CC(=O)c1ccc(S(=O)(=O)N2CCCC2C(=O)c2ccccc2)cc1. The van der Waals surface area contributed by atoms with Crippen molar-refractivity contribution in [1.82, 2.24) is 4.31 Å². The molecule has 1 fully saturated rings. The smallest absolute Gasteiger partial charge is 0.243 e. The van der Waals surface area contributed by atoms with Gasteiger partial charge < -0.3 is 0 Å². The number of carbonyl (C=O) groups excluding carboxylic acids is 2. The Morgan fingerprint density at radius 1 is 0.960 bits per heavy atom. The molecule has 6 heteroatoms. The van der Waals surface area contributed by atoms with Gasteiger partial charge in [-0.2, -0.15) is 4.31 Å². The maximum atomic E-state index is 13.0. The molecule has 1 saturated heterocycles. The van der Waals surface area contributed by atoms with Crippen LogP contribution in [0.5, 0.6) is 0 Å². The predicted octanol–water partition coefficient (Wildman–Crippen LogP) is 2.93. The van der Waals surface area contributed by atoms with Gasteiger partial charge in [-0.15, -0.1) is 0 Å². The van der Waals surface area contributed by atoms with E-state index in [0.29, 0.717) is 30.5 Å². The number of carbonyl (C=O) groups is 2. The summed E-state index contributed by atoms with van der Waals surface area (Å²) >= 11 is 0. The first kappa shape index (κ1) is 17.5. The maximum Gasteiger partial charge on any atom is 0.243 e. The third-order valence-corrected chi connectivity index (χ3v) is 6.35. The number of hydrogen-bond donors (Lipinski definition) is 0. The highest BCUT2D eigenvalue weighted by molar-refractivity contribution is 7.89. The summed E-state index contributed by atoms with van der Waals surface area (Å²) in [7, 11) is -3.78. The molecular formula is C19H19NO4S. The Kier molecular flexibility index (Phi) is 4.83. The van der Waals surface area contributed by atoms with Gasteiger partial charge in [0.25, 0.3) is 0 Å². The summed E-state index contributed by atoms with van der Waals surface area (Å²) in [4.78, 5) is 24.2. The first-order valence-electron chi connectivity index (χ1n) is 8.13. The number of sulfonamides is 1. The van der Waals surface area contributed by atoms with Crippen molar-refractivity contribution in [3.63, 3.8) is 0 Å². The van der Waals surface area contributed by atoms with Crippen LogP contribution in [0, 0.1) is 0 Å². The molecular weight excluding hydrogens is 338 g/mol. The van der Waals surface area contributed by atoms with Crippen LogP contribution in [-0.4, -0.2) is 36.9 Å². The molecule has 0 N–H and O–H groups in total. The molecule has 0 bridgehead atoms. The Morgan fingerprint density at radius 3 is 2.20 bits per heavy atom. The van der Waals surface area contributed by atoms with Gasteiger partial charge in [0.2, 0.25) is 10.0 Å². The van der Waals surface area contributed by atoms with Crippen LogP contribution in [0.1, 0.15) is 40.5 Å². The van der Waals surface area contributed by atoms with E-state index in [9.17, 15) is 18.0 Å². The van der Waals surface area contributed by atoms with Crippen molar-refractivity contribution in [2.75, 3.05) is 6.54 Å². The molecule has 5 nitrogen and oxygen atoms in total. The fourth-order valence-corrected chi connectivity index (χ4v) is 4.74. The molecule has 0 saturated carbocycles. The van der Waals surface area contributed by atoms with E-state index in [1.165, 1.54) is 35.5 Å². The molecule has 3 rings (SSSR count). The van der Waals surface area contributed by atoms with Gasteiger partial charge in [-0.25, -0.2) is 8.42 Å². The normalized spacial score (nSPS) is 18.2. The highest BCUT2D eigenvalue weighted by Crippen LogP contribution is 2.28. The van der Waals surface area contributed by atoms with Crippen LogP contribution in [0.4, 0.5) is 0 Å². The van der Waals surface area contributed by atoms with Gasteiger partial charge in [0.1, 0.15) is 0 Å². The quantitative estimate of drug-likeness (QED) is 0.772. The second kappa shape index (κ2) is 6.90. The van der Waals surface area contributed by atoms with Gasteiger partial charge in [-0.1, -0.05) is 42.5 Å². The first-order chi connectivity index (χ1) is 11.9. The fraction of sp³-hybridized carbons (Fsp3) is 0.263. The summed E-state index contributed by atoms with van der Waals surface area (Å²) < 4.78 is 27.2. The Morgan fingerprint density at radius 2 is 1.60 bits per heavy atom. The predicted molar refractivity (Wildman–Crippen MR) is 94.1 cm³/mol. The number of ketones is 2. The van der Waals surface area contributed by atoms with Crippen LogP contribution in [0.15, 0.2) is 59.5 Å². The zero-order chi connectivity index (χ0) is 18.0. The molecule has 1 heterocycles. The van der Waals surface area contributed by atoms with Gasteiger partial charge in [0.05, 0.1) is 10.9 Å². The average molecular weight is 357 g/mol. The van der Waals surface area contributed by atoms with E-state index in [4.69, 9.17) is 0 Å². The number of hydrogen-bond acceptors (Lipinski definition) is 4. The zero-order valence-corrected chi connectivity index (χ0v) is 14.7. The molecule has 2 aromatic rings. The molecule has 1 aliphatic heterocycles. The topological polar surface area (TPSA) is 71.5 Å². The van der Waals surface area contributed by atoms with Crippen molar-refractivity contribution in [2.45, 2.75) is 30.7 Å². The van der Waals surface area contributed by atoms with Crippen LogP contribution in [0.25, 0.3) is 0 Å². The standard InChI is InChI=1S/C19H19NO4S/c1-14(21)15-9-11-17(12-10-15)25(23,24)20-13-5-8-18(20)19(22)16-6-3-2-4-7-16/h2-4,6-7,9-12,18H,5,8,13H2,1H3. The third-order valence-electron chi connectivity index (χ3n) is 4.43. The lowest BCUT2D eigenvalue weighted by Crippen LogP contribution is -2.40. The summed E-state index contributed by atoms with van der Waals surface area (Å²) in [6.45, 7) is 1.75. The van der Waals surface area contributed by atoms with Gasteiger partial charge >= 0.3 is 0 Å². The van der Waals surface area contributed by atoms with E-state index in [0.717, 1.165) is 0 Å². The molecule has 0 aliphatic carbocycles. The molecule has 0 amide bonds. The van der Waals surface area contributed by atoms with Crippen LogP contribution in [0.2, 0.25) is 0 Å². The van der Waals surface area contributed by atoms with E-state index in [1.807, 2.05) is 6.07 Å². The Labute approximate surface area is 147 Å². The van der Waals surface area contributed by atoms with Crippen LogP contribution >= 0.6 is 0 Å². The summed E-state index contributed by atoms with van der Waals surface area (Å²) in [6.07, 6.45) is 1.16. The van der Waals surface area contributed by atoms with Crippen LogP contribution in [0.3, 0.4) is 0 Å². The zero-order valence-electron chi connectivity index (χ0n) is 13.9. The van der Waals surface area contributed by atoms with Crippen molar-refractivity contribution in [1.29, 1.82) is 0 Å². The van der Waals surface area contributed by atoms with Crippen molar-refractivity contribution >= 4 is 21.6 Å². The molecule has 0 radical (unpaired) electrons. The summed E-state index contributed by atoms with van der Waals surface area (Å²) in [5.74, 6) is -0.302. The minimum absolute atomic E-state index is 0.102. The molecule has 1 atom stereocenters. The Bertz CT molecular complexity index is 889. The number of Topliss-reactive ketones (excluding diaryl/α,β-unsaturated/α-hetero) is 2. The minimum Gasteiger partial charge on any atom is -0.295 e. The largest absolute Gasteiger partial charge is 0.295 e. The lowest BCUT2D eigenvalue weighted by atomic mass is 10.0. The van der Waals surface area contributed by atoms with Crippen LogP contribution < -0.4 is 0 Å². The van der Waals surface area contributed by atoms with E-state index in [2.05, 4.69) is 0 Å². The van der Waals surface area contributed by atoms with Gasteiger partial charge in [0.15, 0.2) is 11.6 Å². The fourth-order valence-electron chi connectivity index (χ4n) is 3.08. The highest BCUT2D eigenvalue weighted by Gasteiger charge is 2.39.